The number of carbonyl (C=O) groups excluding carboxylic acids is 1. The Hall–Kier alpha value is -1.16. The largest absolute Gasteiger partial charge is 0.326 e. The fourth-order valence-electron chi connectivity index (χ4n) is 3.27. The van der Waals surface area contributed by atoms with Crippen molar-refractivity contribution in [1.29, 1.82) is 0 Å². The molecule has 1 N–H and O–H groups in total. The first kappa shape index (κ1) is 15.7. The number of benzene rings is 1. The normalized spacial score (nSPS) is 26.4. The summed E-state index contributed by atoms with van der Waals surface area (Å²) in [6.07, 6.45) is 6.91. The Bertz CT molecular complexity index is 566. The molecule has 4 heteroatoms. The van der Waals surface area contributed by atoms with Crippen molar-refractivity contribution in [2.24, 2.45) is 11.8 Å². The Labute approximate surface area is 135 Å². The zero-order valence-electron chi connectivity index (χ0n) is 13.2. The standard InChI is InChI=1S/C18H25NO2S/c1-13-10-17(13)18(20)19-15-7-5-6-14(11-15)12-22(21)16-8-3-2-4-9-16/h5-7,11,13,16-17H,2-4,8-10,12H2,1H3,(H,19,20)/t13-,17+,22-/m1/s1. The van der Waals surface area contributed by atoms with Crippen LogP contribution < -0.4 is 5.32 Å². The molecule has 22 heavy (non-hydrogen) atoms. The third-order valence-electron chi connectivity index (χ3n) is 4.87. The zero-order chi connectivity index (χ0) is 15.5. The second kappa shape index (κ2) is 6.95. The average molecular weight is 319 g/mol. The minimum Gasteiger partial charge on any atom is -0.326 e. The van der Waals surface area contributed by atoms with Crippen molar-refractivity contribution in [3.63, 3.8) is 0 Å². The highest BCUT2D eigenvalue weighted by Gasteiger charge is 2.39. The van der Waals surface area contributed by atoms with Crippen LogP contribution in [0.2, 0.25) is 0 Å². The lowest BCUT2D eigenvalue weighted by atomic mass is 10.0. The summed E-state index contributed by atoms with van der Waals surface area (Å²) in [7, 11) is -0.793. The fourth-order valence-corrected chi connectivity index (χ4v) is 4.87. The van der Waals surface area contributed by atoms with Crippen LogP contribution >= 0.6 is 0 Å². The second-order valence-corrected chi connectivity index (χ2v) is 8.51. The van der Waals surface area contributed by atoms with E-state index in [1.54, 1.807) is 0 Å². The van der Waals surface area contributed by atoms with E-state index in [1.165, 1.54) is 19.3 Å². The molecule has 0 aliphatic heterocycles. The summed E-state index contributed by atoms with van der Waals surface area (Å²) in [4.78, 5) is 12.0. The van der Waals surface area contributed by atoms with Gasteiger partial charge in [-0.2, -0.15) is 0 Å². The van der Waals surface area contributed by atoms with Gasteiger partial charge in [-0.15, -0.1) is 0 Å². The molecule has 0 aromatic heterocycles. The second-order valence-electron chi connectivity index (χ2n) is 6.79. The molecule has 1 aromatic rings. The highest BCUT2D eigenvalue weighted by Crippen LogP contribution is 2.38. The van der Waals surface area contributed by atoms with Crippen LogP contribution in [-0.4, -0.2) is 15.4 Å². The summed E-state index contributed by atoms with van der Waals surface area (Å²) in [5.74, 6) is 1.42. The van der Waals surface area contributed by atoms with E-state index < -0.39 is 10.8 Å². The van der Waals surface area contributed by atoms with E-state index in [-0.39, 0.29) is 11.8 Å². The molecule has 2 fully saturated rings. The monoisotopic (exact) mass is 319 g/mol. The summed E-state index contributed by atoms with van der Waals surface area (Å²) in [6, 6.07) is 7.85. The molecule has 0 heterocycles. The van der Waals surface area contributed by atoms with Crippen molar-refractivity contribution in [3.8, 4) is 0 Å². The minimum atomic E-state index is -0.793. The highest BCUT2D eigenvalue weighted by atomic mass is 32.2. The average Bonchev–Trinajstić information content (AvgIpc) is 3.25. The van der Waals surface area contributed by atoms with Crippen molar-refractivity contribution in [3.05, 3.63) is 29.8 Å². The summed E-state index contributed by atoms with van der Waals surface area (Å²) < 4.78 is 12.5. The molecule has 1 aromatic carbocycles. The van der Waals surface area contributed by atoms with E-state index in [0.717, 1.165) is 30.5 Å². The number of rotatable bonds is 5. The lowest BCUT2D eigenvalue weighted by Gasteiger charge is -2.21. The molecular formula is C18H25NO2S. The van der Waals surface area contributed by atoms with Crippen molar-refractivity contribution in [2.45, 2.75) is 56.5 Å². The first-order valence-corrected chi connectivity index (χ1v) is 9.78. The lowest BCUT2D eigenvalue weighted by Crippen LogP contribution is -2.20. The van der Waals surface area contributed by atoms with Gasteiger partial charge < -0.3 is 5.32 Å². The first-order chi connectivity index (χ1) is 10.6. The lowest BCUT2D eigenvalue weighted by molar-refractivity contribution is -0.117. The van der Waals surface area contributed by atoms with Gasteiger partial charge in [-0.25, -0.2) is 0 Å². The van der Waals surface area contributed by atoms with E-state index in [2.05, 4.69) is 12.2 Å². The van der Waals surface area contributed by atoms with Crippen LogP contribution in [0.1, 0.15) is 51.0 Å². The molecule has 3 atom stereocenters. The molecule has 0 radical (unpaired) electrons. The SMILES string of the molecule is C[C@@H]1C[C@@H]1C(=O)Nc1cccc(C[S@@](=O)C2CCCCC2)c1. The predicted octanol–water partition coefficient (Wildman–Crippen LogP) is 3.86. The van der Waals surface area contributed by atoms with Gasteiger partial charge in [-0.1, -0.05) is 38.3 Å². The van der Waals surface area contributed by atoms with Crippen molar-refractivity contribution in [2.75, 3.05) is 5.32 Å². The maximum atomic E-state index is 12.5. The summed E-state index contributed by atoms with van der Waals surface area (Å²) >= 11 is 0. The van der Waals surface area contributed by atoms with Gasteiger partial charge in [-0.05, 0) is 42.9 Å². The van der Waals surface area contributed by atoms with Crippen LogP contribution in [0.25, 0.3) is 0 Å². The molecule has 2 aliphatic carbocycles. The van der Waals surface area contributed by atoms with E-state index in [1.807, 2.05) is 24.3 Å². The van der Waals surface area contributed by atoms with Crippen LogP contribution in [-0.2, 0) is 21.3 Å². The van der Waals surface area contributed by atoms with Gasteiger partial charge >= 0.3 is 0 Å². The molecule has 2 saturated carbocycles. The number of amides is 1. The zero-order valence-corrected chi connectivity index (χ0v) is 14.0. The number of hydrogen-bond donors (Lipinski definition) is 1. The van der Waals surface area contributed by atoms with E-state index in [0.29, 0.717) is 16.9 Å². The Balaban J connectivity index is 1.58. The van der Waals surface area contributed by atoms with Crippen LogP contribution in [0.5, 0.6) is 0 Å². The molecule has 1 amide bonds. The number of anilines is 1. The highest BCUT2D eigenvalue weighted by molar-refractivity contribution is 7.84. The van der Waals surface area contributed by atoms with Crippen LogP contribution in [0.15, 0.2) is 24.3 Å². The third kappa shape index (κ3) is 3.97. The number of nitrogens with one attached hydrogen (secondary N) is 1. The van der Waals surface area contributed by atoms with Crippen LogP contribution in [0, 0.1) is 11.8 Å². The molecule has 0 saturated heterocycles. The smallest absolute Gasteiger partial charge is 0.227 e. The van der Waals surface area contributed by atoms with Gasteiger partial charge in [0.1, 0.15) is 0 Å². The molecule has 3 nitrogen and oxygen atoms in total. The fraction of sp³-hybridized carbons (Fsp3) is 0.611. The maximum Gasteiger partial charge on any atom is 0.227 e. The number of hydrogen-bond acceptors (Lipinski definition) is 2. The molecular weight excluding hydrogens is 294 g/mol. The molecule has 0 spiro atoms. The molecule has 120 valence electrons. The van der Waals surface area contributed by atoms with Gasteiger partial charge in [0.25, 0.3) is 0 Å². The van der Waals surface area contributed by atoms with E-state index >= 15 is 0 Å². The third-order valence-corrected chi connectivity index (χ3v) is 6.71. The summed E-state index contributed by atoms with van der Waals surface area (Å²) in [6.45, 7) is 2.11. The van der Waals surface area contributed by atoms with Gasteiger partial charge in [-0.3, -0.25) is 9.00 Å². The van der Waals surface area contributed by atoms with Crippen LogP contribution in [0.4, 0.5) is 5.69 Å². The molecule has 3 rings (SSSR count). The van der Waals surface area contributed by atoms with Crippen molar-refractivity contribution in [1.82, 2.24) is 0 Å². The van der Waals surface area contributed by atoms with E-state index in [4.69, 9.17) is 0 Å². The Morgan fingerprint density at radius 3 is 2.68 bits per heavy atom. The Morgan fingerprint density at radius 2 is 2.00 bits per heavy atom. The van der Waals surface area contributed by atoms with Gasteiger partial charge in [0.2, 0.25) is 5.91 Å². The summed E-state index contributed by atoms with van der Waals surface area (Å²) in [5, 5.41) is 3.35. The predicted molar refractivity (Wildman–Crippen MR) is 91.1 cm³/mol. The van der Waals surface area contributed by atoms with Crippen molar-refractivity contribution < 1.29 is 9.00 Å². The van der Waals surface area contributed by atoms with Crippen LogP contribution in [0.3, 0.4) is 0 Å². The first-order valence-electron chi connectivity index (χ1n) is 8.40. The van der Waals surface area contributed by atoms with Gasteiger partial charge in [0, 0.05) is 33.4 Å². The number of carbonyl (C=O) groups is 1. The summed E-state index contributed by atoms with van der Waals surface area (Å²) in [5.41, 5.74) is 1.90. The Morgan fingerprint density at radius 1 is 1.27 bits per heavy atom. The van der Waals surface area contributed by atoms with Gasteiger partial charge in [0.05, 0.1) is 0 Å². The molecule has 2 aliphatic rings. The van der Waals surface area contributed by atoms with E-state index in [9.17, 15) is 9.00 Å². The van der Waals surface area contributed by atoms with Gasteiger partial charge in [0.15, 0.2) is 0 Å². The Kier molecular flexibility index (Phi) is 4.97. The minimum absolute atomic E-state index is 0.123. The maximum absolute atomic E-state index is 12.5. The molecule has 0 bridgehead atoms. The molecule has 0 unspecified atom stereocenters. The quantitative estimate of drug-likeness (QED) is 0.895. The topological polar surface area (TPSA) is 46.2 Å². The van der Waals surface area contributed by atoms with Crippen molar-refractivity contribution >= 4 is 22.4 Å².